The van der Waals surface area contributed by atoms with Crippen LogP contribution in [0.15, 0.2) is 18.2 Å². The highest BCUT2D eigenvalue weighted by Gasteiger charge is 2.21. The van der Waals surface area contributed by atoms with E-state index in [0.29, 0.717) is 24.0 Å². The minimum Gasteiger partial charge on any atom is -0.493 e. The first-order chi connectivity index (χ1) is 9.09. The normalized spacial score (nSPS) is 21.6. The van der Waals surface area contributed by atoms with E-state index in [1.165, 1.54) is 18.9 Å². The number of likely N-dealkylation sites (tertiary alicyclic amines) is 1. The molecule has 106 valence electrons. The van der Waals surface area contributed by atoms with Crippen molar-refractivity contribution in [3.8, 4) is 5.75 Å². The highest BCUT2D eigenvalue weighted by atomic mass is 19.1. The molecular formula is C15H23FN2O. The molecule has 0 amide bonds. The van der Waals surface area contributed by atoms with Gasteiger partial charge in [-0.3, -0.25) is 0 Å². The summed E-state index contributed by atoms with van der Waals surface area (Å²) in [5.74, 6) is 0.293. The molecule has 0 bridgehead atoms. The average Bonchev–Trinajstić information content (AvgIpc) is 2.75. The third kappa shape index (κ3) is 3.45. The predicted molar refractivity (Wildman–Crippen MR) is 74.8 cm³/mol. The zero-order valence-electron chi connectivity index (χ0n) is 11.7. The summed E-state index contributed by atoms with van der Waals surface area (Å²) in [6, 6.07) is 5.12. The van der Waals surface area contributed by atoms with Gasteiger partial charge >= 0.3 is 0 Å². The second-order valence-corrected chi connectivity index (χ2v) is 5.35. The van der Waals surface area contributed by atoms with E-state index in [9.17, 15) is 4.39 Å². The zero-order chi connectivity index (χ0) is 13.8. The molecular weight excluding hydrogens is 243 g/mol. The lowest BCUT2D eigenvalue weighted by Crippen LogP contribution is -2.26. The van der Waals surface area contributed by atoms with E-state index in [0.717, 1.165) is 13.0 Å². The molecule has 1 heterocycles. The summed E-state index contributed by atoms with van der Waals surface area (Å²) in [6.07, 6.45) is 3.46. The Balaban J connectivity index is 1.94. The third-order valence-corrected chi connectivity index (χ3v) is 3.85. The quantitative estimate of drug-likeness (QED) is 0.890. The number of hydrogen-bond donors (Lipinski definition) is 1. The largest absolute Gasteiger partial charge is 0.493 e. The van der Waals surface area contributed by atoms with Gasteiger partial charge in [0, 0.05) is 17.6 Å². The van der Waals surface area contributed by atoms with Crippen LogP contribution in [0.25, 0.3) is 0 Å². The maximum Gasteiger partial charge on any atom is 0.131 e. The molecule has 3 nitrogen and oxygen atoms in total. The molecule has 1 aromatic rings. The van der Waals surface area contributed by atoms with Crippen LogP contribution in [-0.4, -0.2) is 31.1 Å². The second kappa shape index (κ2) is 6.35. The summed E-state index contributed by atoms with van der Waals surface area (Å²) < 4.78 is 19.5. The van der Waals surface area contributed by atoms with Crippen LogP contribution in [0, 0.1) is 5.82 Å². The number of nitrogens with zero attached hydrogens (tertiary/aromatic N) is 1. The van der Waals surface area contributed by atoms with E-state index in [1.54, 1.807) is 19.1 Å². The van der Waals surface area contributed by atoms with Crippen molar-refractivity contribution < 1.29 is 9.13 Å². The van der Waals surface area contributed by atoms with E-state index >= 15 is 0 Å². The molecule has 0 spiro atoms. The Morgan fingerprint density at radius 1 is 1.53 bits per heavy atom. The van der Waals surface area contributed by atoms with Crippen molar-refractivity contribution in [1.29, 1.82) is 0 Å². The molecule has 19 heavy (non-hydrogen) atoms. The van der Waals surface area contributed by atoms with Crippen LogP contribution in [0.5, 0.6) is 5.75 Å². The lowest BCUT2D eigenvalue weighted by Gasteiger charge is -2.20. The molecule has 2 atom stereocenters. The predicted octanol–water partition coefficient (Wildman–Crippen LogP) is 2.71. The number of halogens is 1. The number of rotatable bonds is 5. The smallest absolute Gasteiger partial charge is 0.131 e. The summed E-state index contributed by atoms with van der Waals surface area (Å²) in [5.41, 5.74) is 6.28. The van der Waals surface area contributed by atoms with Gasteiger partial charge in [-0.15, -0.1) is 0 Å². The van der Waals surface area contributed by atoms with E-state index in [1.807, 2.05) is 0 Å². The van der Waals surface area contributed by atoms with Crippen LogP contribution < -0.4 is 10.5 Å². The fraction of sp³-hybridized carbons (Fsp3) is 0.600. The van der Waals surface area contributed by atoms with Crippen LogP contribution in [0.4, 0.5) is 4.39 Å². The maximum absolute atomic E-state index is 13.7. The van der Waals surface area contributed by atoms with Gasteiger partial charge in [0.1, 0.15) is 11.6 Å². The molecule has 1 aliphatic rings. The molecule has 0 aromatic heterocycles. The molecule has 1 saturated heterocycles. The van der Waals surface area contributed by atoms with Crippen LogP contribution in [-0.2, 0) is 0 Å². The van der Waals surface area contributed by atoms with Crippen molar-refractivity contribution >= 4 is 0 Å². The summed E-state index contributed by atoms with van der Waals surface area (Å²) >= 11 is 0. The van der Waals surface area contributed by atoms with E-state index in [2.05, 4.69) is 11.9 Å². The molecule has 2 N–H and O–H groups in total. The van der Waals surface area contributed by atoms with Gasteiger partial charge in [-0.2, -0.15) is 0 Å². The van der Waals surface area contributed by atoms with Crippen LogP contribution in [0.2, 0.25) is 0 Å². The first kappa shape index (κ1) is 14.3. The second-order valence-electron chi connectivity index (χ2n) is 5.35. The Hall–Kier alpha value is -1.13. The van der Waals surface area contributed by atoms with E-state index in [-0.39, 0.29) is 11.9 Å². The van der Waals surface area contributed by atoms with Crippen molar-refractivity contribution in [2.24, 2.45) is 5.73 Å². The summed E-state index contributed by atoms with van der Waals surface area (Å²) in [5, 5.41) is 0. The van der Waals surface area contributed by atoms with E-state index < -0.39 is 0 Å². The first-order valence-corrected chi connectivity index (χ1v) is 6.96. The van der Waals surface area contributed by atoms with Crippen molar-refractivity contribution in [3.63, 3.8) is 0 Å². The summed E-state index contributed by atoms with van der Waals surface area (Å²) in [6.45, 7) is 3.55. The third-order valence-electron chi connectivity index (χ3n) is 3.85. The lowest BCUT2D eigenvalue weighted by atomic mass is 10.1. The highest BCUT2D eigenvalue weighted by molar-refractivity contribution is 5.36. The van der Waals surface area contributed by atoms with Gasteiger partial charge in [0.15, 0.2) is 0 Å². The summed E-state index contributed by atoms with van der Waals surface area (Å²) in [4.78, 5) is 2.36. The standard InChI is InChI=1S/C15H23FN2O/c1-11(17)15-13(16)6-3-7-14(15)19-10-8-12-5-4-9-18(12)2/h3,6-7,11-12H,4-5,8-10,17H2,1-2H3/t11-,12?/m1/s1. The van der Waals surface area contributed by atoms with Gasteiger partial charge in [0.2, 0.25) is 0 Å². The lowest BCUT2D eigenvalue weighted by molar-refractivity contribution is 0.231. The van der Waals surface area contributed by atoms with E-state index in [4.69, 9.17) is 10.5 Å². The fourth-order valence-electron chi connectivity index (χ4n) is 2.73. The zero-order valence-corrected chi connectivity index (χ0v) is 11.7. The van der Waals surface area contributed by atoms with Gasteiger partial charge in [-0.25, -0.2) is 4.39 Å². The number of hydrogen-bond acceptors (Lipinski definition) is 3. The average molecular weight is 266 g/mol. The fourth-order valence-corrected chi connectivity index (χ4v) is 2.73. The molecule has 0 saturated carbocycles. The monoisotopic (exact) mass is 266 g/mol. The van der Waals surface area contributed by atoms with Gasteiger partial charge in [0.25, 0.3) is 0 Å². The minimum atomic E-state index is -0.356. The van der Waals surface area contributed by atoms with Crippen LogP contribution >= 0.6 is 0 Å². The molecule has 0 aliphatic carbocycles. The number of ether oxygens (including phenoxy) is 1. The van der Waals surface area contributed by atoms with Gasteiger partial charge < -0.3 is 15.4 Å². The van der Waals surface area contributed by atoms with Crippen LogP contribution in [0.1, 0.15) is 37.8 Å². The number of benzene rings is 1. The molecule has 1 aliphatic heterocycles. The highest BCUT2D eigenvalue weighted by Crippen LogP contribution is 2.27. The minimum absolute atomic E-state index is 0.287. The Morgan fingerprint density at radius 3 is 2.95 bits per heavy atom. The summed E-state index contributed by atoms with van der Waals surface area (Å²) in [7, 11) is 2.15. The molecule has 1 unspecified atom stereocenters. The van der Waals surface area contributed by atoms with Crippen molar-refractivity contribution in [2.45, 2.75) is 38.3 Å². The SMILES string of the molecule is C[C@@H](N)c1c(F)cccc1OCCC1CCCN1C. The Morgan fingerprint density at radius 2 is 2.32 bits per heavy atom. The first-order valence-electron chi connectivity index (χ1n) is 6.96. The molecule has 1 aromatic carbocycles. The Labute approximate surface area is 114 Å². The molecule has 0 radical (unpaired) electrons. The van der Waals surface area contributed by atoms with Crippen molar-refractivity contribution in [2.75, 3.05) is 20.2 Å². The Bertz CT molecular complexity index is 423. The van der Waals surface area contributed by atoms with Crippen LogP contribution in [0.3, 0.4) is 0 Å². The maximum atomic E-state index is 13.7. The van der Waals surface area contributed by atoms with Crippen molar-refractivity contribution in [1.82, 2.24) is 4.90 Å². The van der Waals surface area contributed by atoms with Crippen molar-refractivity contribution in [3.05, 3.63) is 29.6 Å². The molecule has 4 heteroatoms. The molecule has 1 fully saturated rings. The van der Waals surface area contributed by atoms with Gasteiger partial charge in [-0.1, -0.05) is 6.07 Å². The molecule has 2 rings (SSSR count). The Kier molecular flexibility index (Phi) is 4.77. The van der Waals surface area contributed by atoms with Gasteiger partial charge in [0.05, 0.1) is 6.61 Å². The number of nitrogens with two attached hydrogens (primary N) is 1. The topological polar surface area (TPSA) is 38.5 Å². The van der Waals surface area contributed by atoms with Gasteiger partial charge in [-0.05, 0) is 51.9 Å².